The van der Waals surface area contributed by atoms with Gasteiger partial charge in [-0.05, 0) is 47.5 Å². The van der Waals surface area contributed by atoms with Crippen molar-refractivity contribution in [3.63, 3.8) is 0 Å². The molecule has 0 aliphatic carbocycles. The lowest BCUT2D eigenvalue weighted by Gasteiger charge is -2.09. The molecule has 1 aliphatic rings. The molecule has 0 saturated carbocycles. The molecule has 0 radical (unpaired) electrons. The largest absolute Gasteiger partial charge is 0.488 e. The lowest BCUT2D eigenvalue weighted by Crippen LogP contribution is -2.19. The van der Waals surface area contributed by atoms with Gasteiger partial charge in [0, 0.05) is 10.0 Å². The van der Waals surface area contributed by atoms with E-state index in [4.69, 9.17) is 14.2 Å². The van der Waals surface area contributed by atoms with Gasteiger partial charge in [-0.3, -0.25) is 4.79 Å². The molecule has 1 aliphatic heterocycles. The Morgan fingerprint density at radius 2 is 1.80 bits per heavy atom. The van der Waals surface area contributed by atoms with Crippen molar-refractivity contribution in [3.05, 3.63) is 87.9 Å². The predicted octanol–water partition coefficient (Wildman–Crippen LogP) is 4.45. The average Bonchev–Trinajstić information content (AvgIpc) is 3.22. The first kappa shape index (κ1) is 20.0. The number of halogens is 1. The molecule has 4 rings (SSSR count). The van der Waals surface area contributed by atoms with Gasteiger partial charge in [0.25, 0.3) is 0 Å². The Morgan fingerprint density at radius 1 is 1.03 bits per heavy atom. The number of hydrogen-bond donors (Lipinski definition) is 1. The number of rotatable bonds is 7. The number of carbonyl (C=O) groups excluding carboxylic acids is 1. The summed E-state index contributed by atoms with van der Waals surface area (Å²) in [6, 6.07) is 20.9. The van der Waals surface area contributed by atoms with E-state index in [0.29, 0.717) is 23.9 Å². The normalized spacial score (nSPS) is 12.2. The van der Waals surface area contributed by atoms with Crippen molar-refractivity contribution in [3.8, 4) is 17.2 Å². The lowest BCUT2D eigenvalue weighted by molar-refractivity contribution is -0.120. The molecule has 6 nitrogen and oxygen atoms in total. The van der Waals surface area contributed by atoms with Crippen molar-refractivity contribution >= 4 is 28.1 Å². The molecule has 152 valence electrons. The number of ether oxygens (including phenoxy) is 3. The summed E-state index contributed by atoms with van der Waals surface area (Å²) < 4.78 is 17.5. The van der Waals surface area contributed by atoms with Gasteiger partial charge in [-0.15, -0.1) is 0 Å². The lowest BCUT2D eigenvalue weighted by atomic mass is 10.1. The molecule has 1 amide bonds. The summed E-state index contributed by atoms with van der Waals surface area (Å²) in [5.74, 6) is 1.81. The quantitative estimate of drug-likeness (QED) is 0.412. The maximum atomic E-state index is 12.2. The molecule has 1 heterocycles. The Kier molecular flexibility index (Phi) is 6.29. The summed E-state index contributed by atoms with van der Waals surface area (Å²) in [6.07, 6.45) is 1.77. The summed E-state index contributed by atoms with van der Waals surface area (Å²) in [4.78, 5) is 12.2. The molecule has 0 saturated heterocycles. The number of carbonyl (C=O) groups is 1. The number of nitrogens with zero attached hydrogens (tertiary/aromatic N) is 1. The van der Waals surface area contributed by atoms with E-state index in [9.17, 15) is 4.79 Å². The van der Waals surface area contributed by atoms with Crippen LogP contribution in [0.2, 0.25) is 0 Å². The van der Waals surface area contributed by atoms with Crippen molar-refractivity contribution < 1.29 is 19.0 Å². The maximum Gasteiger partial charge on any atom is 0.244 e. The van der Waals surface area contributed by atoms with Crippen LogP contribution in [0.3, 0.4) is 0 Å². The van der Waals surface area contributed by atoms with E-state index < -0.39 is 0 Å². The first-order chi connectivity index (χ1) is 14.7. The number of amides is 1. The third kappa shape index (κ3) is 5.18. The molecule has 7 heteroatoms. The predicted molar refractivity (Wildman–Crippen MR) is 117 cm³/mol. The highest BCUT2D eigenvalue weighted by atomic mass is 79.9. The van der Waals surface area contributed by atoms with Crippen LogP contribution in [0.4, 0.5) is 0 Å². The number of nitrogens with one attached hydrogen (secondary N) is 1. The van der Waals surface area contributed by atoms with Crippen LogP contribution in [0, 0.1) is 0 Å². The van der Waals surface area contributed by atoms with Crippen molar-refractivity contribution in [2.75, 3.05) is 6.79 Å². The molecular formula is C23H19BrN2O4. The van der Waals surface area contributed by atoms with E-state index in [1.54, 1.807) is 18.3 Å². The Bertz CT molecular complexity index is 1070. The molecule has 0 aromatic heterocycles. The number of hydrogen-bond acceptors (Lipinski definition) is 5. The number of benzene rings is 3. The second kappa shape index (κ2) is 9.45. The van der Waals surface area contributed by atoms with Gasteiger partial charge in [-0.1, -0.05) is 46.3 Å². The first-order valence-corrected chi connectivity index (χ1v) is 10.1. The van der Waals surface area contributed by atoms with Gasteiger partial charge in [-0.2, -0.15) is 5.10 Å². The minimum absolute atomic E-state index is 0.190. The summed E-state index contributed by atoms with van der Waals surface area (Å²) in [5, 5.41) is 4.07. The number of fused-ring (bicyclic) bond motifs is 1. The number of para-hydroxylation sites is 1. The second-order valence-electron chi connectivity index (χ2n) is 6.61. The summed E-state index contributed by atoms with van der Waals surface area (Å²) in [7, 11) is 0. The molecule has 1 N–H and O–H groups in total. The fourth-order valence-electron chi connectivity index (χ4n) is 2.91. The fourth-order valence-corrected chi connectivity index (χ4v) is 3.17. The molecule has 30 heavy (non-hydrogen) atoms. The van der Waals surface area contributed by atoms with Crippen LogP contribution in [0.5, 0.6) is 17.2 Å². The van der Waals surface area contributed by atoms with E-state index in [1.807, 2.05) is 54.6 Å². The molecule has 0 spiro atoms. The molecule has 0 atom stereocenters. The van der Waals surface area contributed by atoms with Crippen molar-refractivity contribution in [1.82, 2.24) is 5.43 Å². The van der Waals surface area contributed by atoms with Gasteiger partial charge in [0.2, 0.25) is 12.7 Å². The molecule has 0 fully saturated rings. The van der Waals surface area contributed by atoms with Crippen molar-refractivity contribution in [1.29, 1.82) is 0 Å². The van der Waals surface area contributed by atoms with Gasteiger partial charge in [0.15, 0.2) is 11.5 Å². The standard InChI is InChI=1S/C23H19BrN2O4/c24-19-8-5-16(6-9-19)14-28-20-4-2-1-3-18(20)13-25-26-23(27)12-17-7-10-21-22(11-17)30-15-29-21/h1-11,13H,12,14-15H2,(H,26,27)/b25-13-. The second-order valence-corrected chi connectivity index (χ2v) is 7.53. The molecule has 3 aromatic carbocycles. The molecule has 0 bridgehead atoms. The smallest absolute Gasteiger partial charge is 0.244 e. The highest BCUT2D eigenvalue weighted by molar-refractivity contribution is 9.10. The first-order valence-electron chi connectivity index (χ1n) is 9.34. The van der Waals surface area contributed by atoms with E-state index in [-0.39, 0.29) is 19.1 Å². The van der Waals surface area contributed by atoms with Gasteiger partial charge in [0.1, 0.15) is 12.4 Å². The minimum atomic E-state index is -0.224. The van der Waals surface area contributed by atoms with E-state index in [2.05, 4.69) is 26.5 Å². The molecule has 3 aromatic rings. The van der Waals surface area contributed by atoms with E-state index in [0.717, 1.165) is 21.2 Å². The zero-order chi connectivity index (χ0) is 20.8. The summed E-state index contributed by atoms with van der Waals surface area (Å²) in [5.41, 5.74) is 5.21. The maximum absolute atomic E-state index is 12.2. The fraction of sp³-hybridized carbons (Fsp3) is 0.130. The Balaban J connectivity index is 1.33. The average molecular weight is 467 g/mol. The van der Waals surface area contributed by atoms with E-state index in [1.165, 1.54) is 0 Å². The van der Waals surface area contributed by atoms with E-state index >= 15 is 0 Å². The van der Waals surface area contributed by atoms with Crippen LogP contribution in [0.25, 0.3) is 0 Å². The van der Waals surface area contributed by atoms with Crippen LogP contribution in [0.15, 0.2) is 76.3 Å². The third-order valence-corrected chi connectivity index (χ3v) is 4.95. The highest BCUT2D eigenvalue weighted by Gasteiger charge is 2.14. The van der Waals surface area contributed by atoms with Crippen LogP contribution >= 0.6 is 15.9 Å². The van der Waals surface area contributed by atoms with Crippen LogP contribution in [-0.4, -0.2) is 18.9 Å². The van der Waals surface area contributed by atoms with Crippen LogP contribution < -0.4 is 19.6 Å². The van der Waals surface area contributed by atoms with Crippen molar-refractivity contribution in [2.24, 2.45) is 5.10 Å². The minimum Gasteiger partial charge on any atom is -0.488 e. The Hall–Kier alpha value is -3.32. The van der Waals surface area contributed by atoms with Gasteiger partial charge < -0.3 is 14.2 Å². The highest BCUT2D eigenvalue weighted by Crippen LogP contribution is 2.32. The summed E-state index contributed by atoms with van der Waals surface area (Å²) >= 11 is 3.42. The van der Waals surface area contributed by atoms with Crippen LogP contribution in [-0.2, 0) is 17.8 Å². The zero-order valence-corrected chi connectivity index (χ0v) is 17.6. The molecular weight excluding hydrogens is 448 g/mol. The van der Waals surface area contributed by atoms with Crippen LogP contribution in [0.1, 0.15) is 16.7 Å². The zero-order valence-electron chi connectivity index (χ0n) is 16.0. The Morgan fingerprint density at radius 3 is 2.67 bits per heavy atom. The monoisotopic (exact) mass is 466 g/mol. The SMILES string of the molecule is O=C(Cc1ccc2c(c1)OCO2)N/N=C\c1ccccc1OCc1ccc(Br)cc1. The van der Waals surface area contributed by atoms with Crippen molar-refractivity contribution in [2.45, 2.75) is 13.0 Å². The van der Waals surface area contributed by atoms with Gasteiger partial charge >= 0.3 is 0 Å². The third-order valence-electron chi connectivity index (χ3n) is 4.42. The number of hydrazone groups is 1. The topological polar surface area (TPSA) is 69.2 Å². The van der Waals surface area contributed by atoms with Gasteiger partial charge in [0.05, 0.1) is 12.6 Å². The van der Waals surface area contributed by atoms with Gasteiger partial charge in [-0.25, -0.2) is 5.43 Å². The Labute approximate surface area is 182 Å². The molecule has 0 unspecified atom stereocenters. The summed E-state index contributed by atoms with van der Waals surface area (Å²) in [6.45, 7) is 0.646.